The highest BCUT2D eigenvalue weighted by atomic mass is 16.1. The fourth-order valence-corrected chi connectivity index (χ4v) is 1.94. The van der Waals surface area contributed by atoms with Gasteiger partial charge in [0.15, 0.2) is 0 Å². The van der Waals surface area contributed by atoms with Crippen molar-refractivity contribution >= 4 is 5.91 Å². The SMILES string of the molecule is NC(=O)C1CNCCN1Cc1cccnc1. The van der Waals surface area contributed by atoms with Crippen molar-refractivity contribution in [3.8, 4) is 0 Å². The zero-order valence-electron chi connectivity index (χ0n) is 9.10. The normalized spacial score (nSPS) is 21.9. The smallest absolute Gasteiger partial charge is 0.236 e. The van der Waals surface area contributed by atoms with E-state index in [1.807, 2.05) is 18.3 Å². The van der Waals surface area contributed by atoms with Gasteiger partial charge in [-0.2, -0.15) is 0 Å². The lowest BCUT2D eigenvalue weighted by molar-refractivity contribution is -0.124. The number of piperazine rings is 1. The Bertz CT molecular complexity index is 354. The lowest BCUT2D eigenvalue weighted by Gasteiger charge is -2.33. The van der Waals surface area contributed by atoms with Gasteiger partial charge in [-0.05, 0) is 11.6 Å². The molecule has 1 saturated heterocycles. The first-order valence-corrected chi connectivity index (χ1v) is 5.40. The Morgan fingerprint density at radius 2 is 2.56 bits per heavy atom. The third kappa shape index (κ3) is 2.56. The van der Waals surface area contributed by atoms with Crippen LogP contribution >= 0.6 is 0 Å². The molecule has 0 radical (unpaired) electrons. The van der Waals surface area contributed by atoms with Gasteiger partial charge in [-0.1, -0.05) is 6.07 Å². The first-order chi connectivity index (χ1) is 7.77. The maximum atomic E-state index is 11.3. The summed E-state index contributed by atoms with van der Waals surface area (Å²) in [6.45, 7) is 3.09. The number of nitrogens with zero attached hydrogens (tertiary/aromatic N) is 2. The molecule has 5 heteroatoms. The van der Waals surface area contributed by atoms with Crippen molar-refractivity contribution in [3.05, 3.63) is 30.1 Å². The van der Waals surface area contributed by atoms with Crippen LogP contribution in [0.1, 0.15) is 5.56 Å². The summed E-state index contributed by atoms with van der Waals surface area (Å²) in [7, 11) is 0. The number of amides is 1. The molecule has 0 saturated carbocycles. The van der Waals surface area contributed by atoms with E-state index in [0.717, 1.165) is 25.2 Å². The van der Waals surface area contributed by atoms with E-state index < -0.39 is 0 Å². The lowest BCUT2D eigenvalue weighted by atomic mass is 10.1. The number of primary amides is 1. The molecule has 1 fully saturated rings. The van der Waals surface area contributed by atoms with Gasteiger partial charge >= 0.3 is 0 Å². The molecule has 5 nitrogen and oxygen atoms in total. The van der Waals surface area contributed by atoms with Gasteiger partial charge in [0, 0.05) is 38.6 Å². The van der Waals surface area contributed by atoms with Crippen molar-refractivity contribution in [1.82, 2.24) is 15.2 Å². The number of hydrogen-bond acceptors (Lipinski definition) is 4. The summed E-state index contributed by atoms with van der Waals surface area (Å²) in [5, 5.41) is 3.17. The summed E-state index contributed by atoms with van der Waals surface area (Å²) in [5.41, 5.74) is 6.48. The molecule has 3 N–H and O–H groups in total. The molecule has 1 unspecified atom stereocenters. The minimum Gasteiger partial charge on any atom is -0.368 e. The standard InChI is InChI=1S/C11H16N4O/c12-11(16)10-7-14-4-5-15(10)8-9-2-1-3-13-6-9/h1-3,6,10,14H,4-5,7-8H2,(H2,12,16). The quantitative estimate of drug-likeness (QED) is 0.709. The van der Waals surface area contributed by atoms with Crippen molar-refractivity contribution < 1.29 is 4.79 Å². The van der Waals surface area contributed by atoms with Crippen molar-refractivity contribution in [1.29, 1.82) is 0 Å². The first kappa shape index (κ1) is 11.0. The fourth-order valence-electron chi connectivity index (χ4n) is 1.94. The van der Waals surface area contributed by atoms with E-state index in [4.69, 9.17) is 5.73 Å². The summed E-state index contributed by atoms with van der Waals surface area (Å²) in [6.07, 6.45) is 3.56. The van der Waals surface area contributed by atoms with Crippen molar-refractivity contribution in [2.24, 2.45) is 5.73 Å². The summed E-state index contributed by atoms with van der Waals surface area (Å²) >= 11 is 0. The highest BCUT2D eigenvalue weighted by molar-refractivity contribution is 5.80. The summed E-state index contributed by atoms with van der Waals surface area (Å²) in [4.78, 5) is 17.4. The Balaban J connectivity index is 2.04. The average Bonchev–Trinajstić information content (AvgIpc) is 2.31. The van der Waals surface area contributed by atoms with Crippen LogP contribution in [-0.2, 0) is 11.3 Å². The van der Waals surface area contributed by atoms with Gasteiger partial charge in [0.1, 0.15) is 6.04 Å². The second-order valence-corrected chi connectivity index (χ2v) is 3.95. The van der Waals surface area contributed by atoms with Gasteiger partial charge in [-0.15, -0.1) is 0 Å². The van der Waals surface area contributed by atoms with Gasteiger partial charge in [0.25, 0.3) is 0 Å². The molecule has 0 aromatic carbocycles. The van der Waals surface area contributed by atoms with Gasteiger partial charge in [0.05, 0.1) is 0 Å². The van der Waals surface area contributed by atoms with Crippen LogP contribution in [0.4, 0.5) is 0 Å². The van der Waals surface area contributed by atoms with Crippen molar-refractivity contribution in [3.63, 3.8) is 0 Å². The molecule has 2 rings (SSSR count). The average molecular weight is 220 g/mol. The van der Waals surface area contributed by atoms with Gasteiger partial charge in [-0.25, -0.2) is 0 Å². The Morgan fingerprint density at radius 3 is 3.25 bits per heavy atom. The number of hydrogen-bond donors (Lipinski definition) is 2. The molecule has 1 atom stereocenters. The monoisotopic (exact) mass is 220 g/mol. The topological polar surface area (TPSA) is 71.2 Å². The minimum absolute atomic E-state index is 0.214. The Kier molecular flexibility index (Phi) is 3.48. The fraction of sp³-hybridized carbons (Fsp3) is 0.455. The van der Waals surface area contributed by atoms with Crippen LogP contribution in [0.3, 0.4) is 0 Å². The second-order valence-electron chi connectivity index (χ2n) is 3.95. The zero-order chi connectivity index (χ0) is 11.4. The number of carbonyl (C=O) groups is 1. The summed E-state index contributed by atoms with van der Waals surface area (Å²) in [5.74, 6) is -0.268. The number of carbonyl (C=O) groups excluding carboxylic acids is 1. The maximum absolute atomic E-state index is 11.3. The van der Waals surface area contributed by atoms with Crippen LogP contribution < -0.4 is 11.1 Å². The largest absolute Gasteiger partial charge is 0.368 e. The predicted octanol–water partition coefficient (Wildman–Crippen LogP) is -0.659. The molecular weight excluding hydrogens is 204 g/mol. The zero-order valence-corrected chi connectivity index (χ0v) is 9.10. The van der Waals surface area contributed by atoms with Gasteiger partial charge in [-0.3, -0.25) is 14.7 Å². The molecule has 1 aromatic rings. The molecule has 1 aromatic heterocycles. The molecule has 16 heavy (non-hydrogen) atoms. The highest BCUT2D eigenvalue weighted by Crippen LogP contribution is 2.08. The Hall–Kier alpha value is -1.46. The van der Waals surface area contributed by atoms with Gasteiger partial charge < -0.3 is 11.1 Å². The first-order valence-electron chi connectivity index (χ1n) is 5.40. The van der Waals surface area contributed by atoms with Gasteiger partial charge in [0.2, 0.25) is 5.91 Å². The second kappa shape index (κ2) is 5.05. The molecular formula is C11H16N4O. The lowest BCUT2D eigenvalue weighted by Crippen LogP contribution is -2.56. The van der Waals surface area contributed by atoms with Crippen LogP contribution in [-0.4, -0.2) is 41.5 Å². The molecule has 86 valence electrons. The summed E-state index contributed by atoms with van der Waals surface area (Å²) in [6, 6.07) is 3.69. The Labute approximate surface area is 94.6 Å². The Morgan fingerprint density at radius 1 is 1.69 bits per heavy atom. The molecule has 1 aliphatic rings. The number of pyridine rings is 1. The van der Waals surface area contributed by atoms with E-state index >= 15 is 0 Å². The minimum atomic E-state index is -0.268. The number of rotatable bonds is 3. The van der Waals surface area contributed by atoms with Crippen molar-refractivity contribution in [2.45, 2.75) is 12.6 Å². The van der Waals surface area contributed by atoms with Crippen molar-refractivity contribution in [2.75, 3.05) is 19.6 Å². The molecule has 0 aliphatic carbocycles. The molecule has 0 spiro atoms. The molecule has 0 bridgehead atoms. The maximum Gasteiger partial charge on any atom is 0.236 e. The van der Waals surface area contributed by atoms with Crippen LogP contribution in [0.25, 0.3) is 0 Å². The predicted molar refractivity (Wildman–Crippen MR) is 60.5 cm³/mol. The highest BCUT2D eigenvalue weighted by Gasteiger charge is 2.26. The number of aromatic nitrogens is 1. The molecule has 1 amide bonds. The third-order valence-corrected chi connectivity index (χ3v) is 2.79. The number of nitrogens with two attached hydrogens (primary N) is 1. The summed E-state index contributed by atoms with van der Waals surface area (Å²) < 4.78 is 0. The number of nitrogens with one attached hydrogen (secondary N) is 1. The third-order valence-electron chi connectivity index (χ3n) is 2.79. The van der Waals surface area contributed by atoms with E-state index in [1.165, 1.54) is 0 Å². The van der Waals surface area contributed by atoms with E-state index in [1.54, 1.807) is 6.20 Å². The van der Waals surface area contributed by atoms with Crippen LogP contribution in [0.2, 0.25) is 0 Å². The van der Waals surface area contributed by atoms with Crippen LogP contribution in [0, 0.1) is 0 Å². The molecule has 1 aliphatic heterocycles. The van der Waals surface area contributed by atoms with E-state index in [9.17, 15) is 4.79 Å². The van der Waals surface area contributed by atoms with E-state index in [2.05, 4.69) is 15.2 Å². The van der Waals surface area contributed by atoms with E-state index in [-0.39, 0.29) is 11.9 Å². The van der Waals surface area contributed by atoms with Crippen LogP contribution in [0.5, 0.6) is 0 Å². The van der Waals surface area contributed by atoms with Crippen LogP contribution in [0.15, 0.2) is 24.5 Å². The molecule has 2 heterocycles. The van der Waals surface area contributed by atoms with E-state index in [0.29, 0.717) is 6.54 Å².